The summed E-state index contributed by atoms with van der Waals surface area (Å²) >= 11 is 0. The van der Waals surface area contributed by atoms with E-state index in [1.807, 2.05) is 6.07 Å². The number of rotatable bonds is 8. The minimum atomic E-state index is -0.340. The summed E-state index contributed by atoms with van der Waals surface area (Å²) in [5, 5.41) is 0.901. The van der Waals surface area contributed by atoms with Gasteiger partial charge in [0.2, 0.25) is 0 Å². The molecule has 0 bridgehead atoms. The Bertz CT molecular complexity index is 1080. The summed E-state index contributed by atoms with van der Waals surface area (Å²) in [6.07, 6.45) is 3.39. The maximum atomic E-state index is 11.9. The Morgan fingerprint density at radius 2 is 1.81 bits per heavy atom. The zero-order valence-corrected chi connectivity index (χ0v) is 19.3. The molecule has 1 aliphatic heterocycles. The molecule has 1 aromatic heterocycles. The molecule has 32 heavy (non-hydrogen) atoms. The molecule has 4 rings (SSSR count). The minimum absolute atomic E-state index is 0.210. The van der Waals surface area contributed by atoms with Crippen LogP contribution in [0.1, 0.15) is 56.1 Å². The molecular formula is C27H33NO4. The average molecular weight is 436 g/mol. The number of methoxy groups -OCH3 is 1. The standard InChI is InChI=1S/C27H33NO4/c1-19(2)22-17-27(29)32-24-18-25(30-3)26(16-23(22)24)31-15-7-12-28-13-10-21(11-14-28)20-8-5-4-6-9-20/h4-6,8-9,16-19,21H,7,10-15H2,1-3H3. The van der Waals surface area contributed by atoms with E-state index in [1.165, 1.54) is 18.4 Å². The van der Waals surface area contributed by atoms with E-state index in [1.54, 1.807) is 19.2 Å². The zero-order valence-electron chi connectivity index (χ0n) is 19.3. The van der Waals surface area contributed by atoms with Gasteiger partial charge in [-0.2, -0.15) is 0 Å². The van der Waals surface area contributed by atoms with E-state index in [9.17, 15) is 4.79 Å². The smallest absolute Gasteiger partial charge is 0.336 e. The van der Waals surface area contributed by atoms with Crippen molar-refractivity contribution in [2.75, 3.05) is 33.4 Å². The molecule has 0 N–H and O–H groups in total. The maximum Gasteiger partial charge on any atom is 0.336 e. The van der Waals surface area contributed by atoms with Crippen LogP contribution in [-0.4, -0.2) is 38.3 Å². The molecule has 1 fully saturated rings. The lowest BCUT2D eigenvalue weighted by Crippen LogP contribution is -2.34. The quantitative estimate of drug-likeness (QED) is 0.342. The van der Waals surface area contributed by atoms with Gasteiger partial charge in [-0.1, -0.05) is 44.2 Å². The molecule has 2 heterocycles. The van der Waals surface area contributed by atoms with E-state index >= 15 is 0 Å². The second-order valence-corrected chi connectivity index (χ2v) is 8.90. The van der Waals surface area contributed by atoms with Crippen LogP contribution in [0.25, 0.3) is 11.0 Å². The molecule has 170 valence electrons. The first-order valence-electron chi connectivity index (χ1n) is 11.6. The summed E-state index contributed by atoms with van der Waals surface area (Å²) < 4.78 is 17.0. The first-order valence-corrected chi connectivity index (χ1v) is 11.6. The van der Waals surface area contributed by atoms with Gasteiger partial charge >= 0.3 is 5.63 Å². The van der Waals surface area contributed by atoms with Crippen LogP contribution in [0.15, 0.2) is 57.7 Å². The number of ether oxygens (including phenoxy) is 2. The molecule has 0 amide bonds. The van der Waals surface area contributed by atoms with Crippen LogP contribution in [0.3, 0.4) is 0 Å². The van der Waals surface area contributed by atoms with Crippen LogP contribution in [0, 0.1) is 0 Å². The van der Waals surface area contributed by atoms with Crippen molar-refractivity contribution in [1.29, 1.82) is 0 Å². The number of fused-ring (bicyclic) bond motifs is 1. The molecule has 0 spiro atoms. The Labute approximate surface area is 189 Å². The summed E-state index contributed by atoms with van der Waals surface area (Å²) in [6.45, 7) is 8.06. The van der Waals surface area contributed by atoms with Gasteiger partial charge in [0, 0.05) is 24.1 Å². The van der Waals surface area contributed by atoms with Crippen molar-refractivity contribution in [3.05, 3.63) is 70.1 Å². The third kappa shape index (κ3) is 5.16. The van der Waals surface area contributed by atoms with E-state index in [4.69, 9.17) is 13.9 Å². The van der Waals surface area contributed by atoms with Crippen molar-refractivity contribution in [3.63, 3.8) is 0 Å². The van der Waals surface area contributed by atoms with Gasteiger partial charge in [0.15, 0.2) is 11.5 Å². The third-order valence-corrected chi connectivity index (χ3v) is 6.42. The lowest BCUT2D eigenvalue weighted by Gasteiger charge is -2.32. The van der Waals surface area contributed by atoms with Gasteiger partial charge in [-0.25, -0.2) is 4.79 Å². The topological polar surface area (TPSA) is 51.9 Å². The first-order chi connectivity index (χ1) is 15.5. The third-order valence-electron chi connectivity index (χ3n) is 6.42. The highest BCUT2D eigenvalue weighted by atomic mass is 16.5. The highest BCUT2D eigenvalue weighted by Crippen LogP contribution is 2.35. The monoisotopic (exact) mass is 435 g/mol. The molecule has 5 nitrogen and oxygen atoms in total. The number of hydrogen-bond acceptors (Lipinski definition) is 5. The van der Waals surface area contributed by atoms with Crippen molar-refractivity contribution in [2.24, 2.45) is 0 Å². The van der Waals surface area contributed by atoms with E-state index in [-0.39, 0.29) is 11.5 Å². The second-order valence-electron chi connectivity index (χ2n) is 8.90. The number of hydrogen-bond donors (Lipinski definition) is 0. The normalized spacial score (nSPS) is 15.4. The van der Waals surface area contributed by atoms with Crippen LogP contribution in [0.5, 0.6) is 11.5 Å². The number of benzene rings is 2. The zero-order chi connectivity index (χ0) is 22.5. The van der Waals surface area contributed by atoms with Crippen molar-refractivity contribution in [3.8, 4) is 11.5 Å². The van der Waals surface area contributed by atoms with Crippen molar-refractivity contribution in [2.45, 2.75) is 44.9 Å². The highest BCUT2D eigenvalue weighted by Gasteiger charge is 2.20. The molecule has 0 atom stereocenters. The average Bonchev–Trinajstić information content (AvgIpc) is 2.81. The summed E-state index contributed by atoms with van der Waals surface area (Å²) in [5.74, 6) is 2.17. The Morgan fingerprint density at radius 3 is 2.50 bits per heavy atom. The molecule has 1 aliphatic rings. The fourth-order valence-corrected chi connectivity index (χ4v) is 4.63. The Balaban J connectivity index is 1.34. The number of nitrogens with zero attached hydrogens (tertiary/aromatic N) is 1. The van der Waals surface area contributed by atoms with E-state index in [0.29, 0.717) is 29.6 Å². The molecule has 1 saturated heterocycles. The fourth-order valence-electron chi connectivity index (χ4n) is 4.63. The maximum absolute atomic E-state index is 11.9. The van der Waals surface area contributed by atoms with Crippen LogP contribution in [0.4, 0.5) is 0 Å². The highest BCUT2D eigenvalue weighted by molar-refractivity contribution is 5.84. The van der Waals surface area contributed by atoms with Crippen molar-refractivity contribution >= 4 is 11.0 Å². The minimum Gasteiger partial charge on any atom is -0.493 e. The van der Waals surface area contributed by atoms with Crippen LogP contribution in [-0.2, 0) is 0 Å². The number of likely N-dealkylation sites (tertiary alicyclic amines) is 1. The van der Waals surface area contributed by atoms with Crippen LogP contribution in [0.2, 0.25) is 0 Å². The predicted octanol–water partition coefficient (Wildman–Crippen LogP) is 5.57. The molecule has 0 unspecified atom stereocenters. The van der Waals surface area contributed by atoms with Gasteiger partial charge in [-0.05, 0) is 61.4 Å². The van der Waals surface area contributed by atoms with E-state index in [2.05, 4.69) is 49.1 Å². The SMILES string of the molecule is COc1cc2oc(=O)cc(C(C)C)c2cc1OCCCN1CCC(c2ccccc2)CC1. The lowest BCUT2D eigenvalue weighted by atomic mass is 9.89. The summed E-state index contributed by atoms with van der Waals surface area (Å²) in [6, 6.07) is 16.1. The van der Waals surface area contributed by atoms with Crippen LogP contribution >= 0.6 is 0 Å². The van der Waals surface area contributed by atoms with Gasteiger partial charge in [-0.15, -0.1) is 0 Å². The molecule has 2 aromatic carbocycles. The molecule has 0 saturated carbocycles. The molecule has 5 heteroatoms. The largest absolute Gasteiger partial charge is 0.493 e. The Morgan fingerprint density at radius 1 is 1.06 bits per heavy atom. The second kappa shape index (κ2) is 10.2. The predicted molar refractivity (Wildman–Crippen MR) is 128 cm³/mol. The Kier molecular flexibility index (Phi) is 7.15. The molecule has 0 aliphatic carbocycles. The fraction of sp³-hybridized carbons (Fsp3) is 0.444. The molecular weight excluding hydrogens is 402 g/mol. The van der Waals surface area contributed by atoms with Crippen molar-refractivity contribution < 1.29 is 13.9 Å². The summed E-state index contributed by atoms with van der Waals surface area (Å²) in [7, 11) is 1.61. The number of piperidine rings is 1. The molecule has 0 radical (unpaired) electrons. The van der Waals surface area contributed by atoms with E-state index in [0.717, 1.165) is 37.0 Å². The van der Waals surface area contributed by atoms with Gasteiger partial charge in [0.1, 0.15) is 5.58 Å². The summed E-state index contributed by atoms with van der Waals surface area (Å²) in [4.78, 5) is 14.4. The van der Waals surface area contributed by atoms with E-state index < -0.39 is 0 Å². The van der Waals surface area contributed by atoms with Gasteiger partial charge in [0.25, 0.3) is 0 Å². The van der Waals surface area contributed by atoms with Crippen LogP contribution < -0.4 is 15.1 Å². The van der Waals surface area contributed by atoms with Crippen molar-refractivity contribution in [1.82, 2.24) is 4.90 Å². The first kappa shape index (κ1) is 22.4. The van der Waals surface area contributed by atoms with Gasteiger partial charge < -0.3 is 18.8 Å². The Hall–Kier alpha value is -2.79. The lowest BCUT2D eigenvalue weighted by molar-refractivity contribution is 0.191. The summed E-state index contributed by atoms with van der Waals surface area (Å²) in [5.41, 5.74) is 2.63. The molecule has 3 aromatic rings. The van der Waals surface area contributed by atoms with Gasteiger partial charge in [-0.3, -0.25) is 0 Å². The van der Waals surface area contributed by atoms with Gasteiger partial charge in [0.05, 0.1) is 13.7 Å².